The molecular formula is C32H25N3O4S. The SMILES string of the molecule is Cc1ccccc1Oc1ccc(N2C(=S)N[C@@H](c3ccccn3)[C@@H]2c2ccc(-c3ccccc3C(=O)O)o2)cc1. The summed E-state index contributed by atoms with van der Waals surface area (Å²) in [5, 5.41) is 13.6. The summed E-state index contributed by atoms with van der Waals surface area (Å²) in [6.07, 6.45) is 1.74. The summed E-state index contributed by atoms with van der Waals surface area (Å²) in [6.45, 7) is 2.01. The lowest BCUT2D eigenvalue weighted by molar-refractivity contribution is 0.0697. The fourth-order valence-electron chi connectivity index (χ4n) is 4.94. The van der Waals surface area contributed by atoms with E-state index in [9.17, 15) is 9.90 Å². The van der Waals surface area contributed by atoms with E-state index < -0.39 is 5.97 Å². The van der Waals surface area contributed by atoms with E-state index >= 15 is 0 Å². The van der Waals surface area contributed by atoms with E-state index in [-0.39, 0.29) is 17.6 Å². The molecule has 1 fully saturated rings. The van der Waals surface area contributed by atoms with Gasteiger partial charge in [0.05, 0.1) is 17.3 Å². The van der Waals surface area contributed by atoms with Crippen molar-refractivity contribution in [1.29, 1.82) is 0 Å². The minimum absolute atomic E-state index is 0.172. The molecule has 0 bridgehead atoms. The van der Waals surface area contributed by atoms with E-state index in [2.05, 4.69) is 10.3 Å². The normalized spacial score (nSPS) is 16.5. The van der Waals surface area contributed by atoms with Crippen molar-refractivity contribution in [3.63, 3.8) is 0 Å². The first-order valence-electron chi connectivity index (χ1n) is 12.8. The van der Waals surface area contributed by atoms with Crippen molar-refractivity contribution in [2.45, 2.75) is 19.0 Å². The summed E-state index contributed by atoms with van der Waals surface area (Å²) >= 11 is 5.82. The fraction of sp³-hybridized carbons (Fsp3) is 0.0938. The number of aromatic nitrogens is 1. The first-order valence-corrected chi connectivity index (χ1v) is 13.2. The number of nitrogens with zero attached hydrogens (tertiary/aromatic N) is 2. The predicted octanol–water partition coefficient (Wildman–Crippen LogP) is 7.32. The first kappa shape index (κ1) is 25.3. The van der Waals surface area contributed by atoms with Crippen LogP contribution in [0.4, 0.5) is 5.69 Å². The number of para-hydroxylation sites is 1. The van der Waals surface area contributed by atoms with Gasteiger partial charge in [0, 0.05) is 17.4 Å². The van der Waals surface area contributed by atoms with Gasteiger partial charge in [-0.3, -0.25) is 4.98 Å². The molecule has 1 aliphatic rings. The molecule has 40 heavy (non-hydrogen) atoms. The molecule has 8 heteroatoms. The molecule has 2 atom stereocenters. The quantitative estimate of drug-likeness (QED) is 0.205. The first-order chi connectivity index (χ1) is 19.5. The van der Waals surface area contributed by atoms with Gasteiger partial charge >= 0.3 is 5.97 Å². The number of nitrogens with one attached hydrogen (secondary N) is 1. The molecule has 3 aromatic carbocycles. The van der Waals surface area contributed by atoms with Crippen LogP contribution in [-0.4, -0.2) is 21.2 Å². The Morgan fingerprint density at radius 1 is 0.950 bits per heavy atom. The second-order valence-electron chi connectivity index (χ2n) is 9.41. The average Bonchev–Trinajstić information content (AvgIpc) is 3.60. The number of carboxylic acid groups (broad SMARTS) is 1. The number of pyridine rings is 1. The topological polar surface area (TPSA) is 87.8 Å². The zero-order valence-corrected chi connectivity index (χ0v) is 22.3. The highest BCUT2D eigenvalue weighted by atomic mass is 32.1. The lowest BCUT2D eigenvalue weighted by Crippen LogP contribution is -2.29. The van der Waals surface area contributed by atoms with Gasteiger partial charge in [-0.25, -0.2) is 4.79 Å². The molecule has 1 saturated heterocycles. The van der Waals surface area contributed by atoms with E-state index in [4.69, 9.17) is 21.4 Å². The number of benzene rings is 3. The molecule has 198 valence electrons. The summed E-state index contributed by atoms with van der Waals surface area (Å²) in [6, 6.07) is 31.1. The van der Waals surface area contributed by atoms with Crippen LogP contribution in [0, 0.1) is 6.92 Å². The smallest absolute Gasteiger partial charge is 0.336 e. The molecule has 0 unspecified atom stereocenters. The highest BCUT2D eigenvalue weighted by Crippen LogP contribution is 2.43. The number of aromatic carboxylic acids is 1. The molecule has 1 aliphatic heterocycles. The Labute approximate surface area is 236 Å². The number of ether oxygens (including phenoxy) is 1. The summed E-state index contributed by atoms with van der Waals surface area (Å²) in [5.74, 6) is 1.58. The number of hydrogen-bond acceptors (Lipinski definition) is 5. The van der Waals surface area contributed by atoms with Gasteiger partial charge in [0.2, 0.25) is 0 Å². The third-order valence-corrected chi connectivity index (χ3v) is 7.19. The molecule has 6 rings (SSSR count). The van der Waals surface area contributed by atoms with Crippen molar-refractivity contribution in [3.8, 4) is 22.8 Å². The van der Waals surface area contributed by atoms with Crippen LogP contribution in [0.5, 0.6) is 11.5 Å². The van der Waals surface area contributed by atoms with E-state index in [0.29, 0.717) is 27.9 Å². The van der Waals surface area contributed by atoms with Crippen molar-refractivity contribution in [3.05, 3.63) is 132 Å². The number of thiocarbonyl (C=S) groups is 1. The third-order valence-electron chi connectivity index (χ3n) is 6.88. The fourth-order valence-corrected chi connectivity index (χ4v) is 5.28. The minimum atomic E-state index is -1.02. The molecule has 2 N–H and O–H groups in total. The van der Waals surface area contributed by atoms with Crippen LogP contribution < -0.4 is 15.0 Å². The van der Waals surface area contributed by atoms with E-state index in [1.165, 1.54) is 0 Å². The van der Waals surface area contributed by atoms with Crippen LogP contribution in [0.15, 0.2) is 114 Å². The maximum absolute atomic E-state index is 11.8. The lowest BCUT2D eigenvalue weighted by atomic mass is 10.0. The second-order valence-corrected chi connectivity index (χ2v) is 9.80. The summed E-state index contributed by atoms with van der Waals surface area (Å²) in [5.41, 5.74) is 3.38. The minimum Gasteiger partial charge on any atom is -0.478 e. The van der Waals surface area contributed by atoms with Gasteiger partial charge in [0.1, 0.15) is 29.1 Å². The molecular weight excluding hydrogens is 522 g/mol. The van der Waals surface area contributed by atoms with Gasteiger partial charge in [-0.15, -0.1) is 0 Å². The molecule has 7 nitrogen and oxygen atoms in total. The third kappa shape index (κ3) is 4.81. The number of carbonyl (C=O) groups is 1. The van der Waals surface area contributed by atoms with Crippen molar-refractivity contribution in [2.24, 2.45) is 0 Å². The Balaban J connectivity index is 1.37. The standard InChI is InChI=1S/C32H25N3O4S/c1-20-8-2-5-12-26(20)38-22-15-13-21(14-16-22)35-30(29(34-32(35)40)25-11-6-7-19-33-25)28-18-17-27(39-28)23-9-3-4-10-24(23)31(36)37/h2-19,29-30H,1H3,(H,34,40)(H,36,37)/t29-,30-/m0/s1. The van der Waals surface area contributed by atoms with E-state index in [1.807, 2.05) is 84.6 Å². The molecule has 2 aromatic heterocycles. The molecule has 0 spiro atoms. The van der Waals surface area contributed by atoms with Crippen LogP contribution in [0.2, 0.25) is 0 Å². The maximum Gasteiger partial charge on any atom is 0.336 e. The van der Waals surface area contributed by atoms with Gasteiger partial charge in [0.25, 0.3) is 0 Å². The van der Waals surface area contributed by atoms with Crippen LogP contribution in [-0.2, 0) is 0 Å². The molecule has 0 radical (unpaired) electrons. The highest BCUT2D eigenvalue weighted by molar-refractivity contribution is 7.80. The Hall–Kier alpha value is -4.95. The van der Waals surface area contributed by atoms with Gasteiger partial charge in [-0.05, 0) is 85.4 Å². The van der Waals surface area contributed by atoms with Crippen molar-refractivity contribution in [2.75, 3.05) is 4.90 Å². The Morgan fingerprint density at radius 2 is 1.70 bits per heavy atom. The Bertz CT molecular complexity index is 1680. The number of hydrogen-bond donors (Lipinski definition) is 2. The molecule has 3 heterocycles. The van der Waals surface area contributed by atoms with E-state index in [0.717, 1.165) is 22.7 Å². The van der Waals surface area contributed by atoms with Crippen molar-refractivity contribution < 1.29 is 19.1 Å². The van der Waals surface area contributed by atoms with Gasteiger partial charge in [-0.1, -0.05) is 42.5 Å². The van der Waals surface area contributed by atoms with Gasteiger partial charge < -0.3 is 24.5 Å². The van der Waals surface area contributed by atoms with E-state index in [1.54, 1.807) is 36.5 Å². The van der Waals surface area contributed by atoms with Crippen molar-refractivity contribution in [1.82, 2.24) is 10.3 Å². The molecule has 5 aromatic rings. The number of furan rings is 1. The largest absolute Gasteiger partial charge is 0.478 e. The average molecular weight is 548 g/mol. The van der Waals surface area contributed by atoms with Gasteiger partial charge in [-0.2, -0.15) is 0 Å². The predicted molar refractivity (Wildman–Crippen MR) is 157 cm³/mol. The highest BCUT2D eigenvalue weighted by Gasteiger charge is 2.42. The Morgan fingerprint density at radius 3 is 2.45 bits per heavy atom. The summed E-state index contributed by atoms with van der Waals surface area (Å²) in [7, 11) is 0. The van der Waals surface area contributed by atoms with Crippen LogP contribution in [0.3, 0.4) is 0 Å². The van der Waals surface area contributed by atoms with Gasteiger partial charge in [0.15, 0.2) is 5.11 Å². The Kier molecular flexibility index (Phi) is 6.76. The monoisotopic (exact) mass is 547 g/mol. The number of carboxylic acids is 1. The molecule has 0 amide bonds. The lowest BCUT2D eigenvalue weighted by Gasteiger charge is -2.26. The summed E-state index contributed by atoms with van der Waals surface area (Å²) in [4.78, 5) is 18.4. The number of anilines is 1. The zero-order chi connectivity index (χ0) is 27.6. The number of aryl methyl sites for hydroxylation is 1. The molecule has 0 aliphatic carbocycles. The van der Waals surface area contributed by atoms with Crippen molar-refractivity contribution >= 4 is 29.0 Å². The maximum atomic E-state index is 11.8. The second kappa shape index (κ2) is 10.7. The van der Waals surface area contributed by atoms with Crippen LogP contribution in [0.1, 0.15) is 39.5 Å². The molecule has 0 saturated carbocycles. The van der Waals surface area contributed by atoms with Crippen LogP contribution in [0.25, 0.3) is 11.3 Å². The number of rotatable bonds is 7. The van der Waals surface area contributed by atoms with Crippen LogP contribution >= 0.6 is 12.2 Å². The summed E-state index contributed by atoms with van der Waals surface area (Å²) < 4.78 is 12.4. The zero-order valence-electron chi connectivity index (χ0n) is 21.5.